The van der Waals surface area contributed by atoms with Crippen molar-refractivity contribution in [2.45, 2.75) is 20.3 Å². The topological polar surface area (TPSA) is 146 Å². The Balaban J connectivity index is 1.57. The molecule has 0 atom stereocenters. The molecule has 0 unspecified atom stereocenters. The molecule has 3 N–H and O–H groups in total. The highest BCUT2D eigenvalue weighted by molar-refractivity contribution is 7.13. The molecule has 12 heteroatoms. The summed E-state index contributed by atoms with van der Waals surface area (Å²) in [4.78, 5) is 13.6. The van der Waals surface area contributed by atoms with E-state index in [1.807, 2.05) is 48.7 Å². The van der Waals surface area contributed by atoms with E-state index < -0.39 is 5.91 Å². The highest BCUT2D eigenvalue weighted by Crippen LogP contribution is 2.29. The number of hydrogen-bond acceptors (Lipinski definition) is 10. The molecule has 1 aromatic carbocycles. The number of carbonyl (C=O) groups excluding carboxylic acids is 1. The summed E-state index contributed by atoms with van der Waals surface area (Å²) >= 11 is 1.41. The largest absolute Gasteiger partial charge is 0.494 e. The summed E-state index contributed by atoms with van der Waals surface area (Å²) in [6.07, 6.45) is 0.937. The predicted molar refractivity (Wildman–Crippen MR) is 119 cm³/mol. The zero-order valence-corrected chi connectivity index (χ0v) is 18.2. The number of nitrogens with one attached hydrogen (secondary N) is 1. The van der Waals surface area contributed by atoms with Crippen molar-refractivity contribution >= 4 is 28.8 Å². The maximum absolute atomic E-state index is 12.9. The molecular formula is C20H20N8O3S. The van der Waals surface area contributed by atoms with Gasteiger partial charge in [-0.25, -0.2) is 10.1 Å². The van der Waals surface area contributed by atoms with Gasteiger partial charge in [0, 0.05) is 0 Å². The summed E-state index contributed by atoms with van der Waals surface area (Å²) in [5, 5.41) is 21.4. The molecule has 4 aromatic rings. The quantitative estimate of drug-likeness (QED) is 0.306. The van der Waals surface area contributed by atoms with Crippen LogP contribution in [0.2, 0.25) is 0 Å². The van der Waals surface area contributed by atoms with Crippen molar-refractivity contribution in [3.05, 3.63) is 53.0 Å². The van der Waals surface area contributed by atoms with Crippen LogP contribution in [-0.2, 0) is 0 Å². The van der Waals surface area contributed by atoms with Gasteiger partial charge in [0.2, 0.25) is 11.6 Å². The number of nitrogens with two attached hydrogens (primary N) is 1. The van der Waals surface area contributed by atoms with E-state index >= 15 is 0 Å². The second kappa shape index (κ2) is 9.39. The number of carbonyl (C=O) groups is 1. The SMILES string of the molecule is CCCOc1ccc(C(C)=NNC(=O)c2nnn(-c3nonc3N)c2-c2cccs2)cc1. The van der Waals surface area contributed by atoms with Gasteiger partial charge >= 0.3 is 0 Å². The van der Waals surface area contributed by atoms with E-state index in [0.717, 1.165) is 22.6 Å². The third kappa shape index (κ3) is 4.34. The van der Waals surface area contributed by atoms with Crippen LogP contribution in [0, 0.1) is 0 Å². The second-order valence-electron chi connectivity index (χ2n) is 6.66. The third-order valence-corrected chi connectivity index (χ3v) is 5.28. The zero-order valence-electron chi connectivity index (χ0n) is 17.3. The maximum Gasteiger partial charge on any atom is 0.294 e. The summed E-state index contributed by atoms with van der Waals surface area (Å²) in [6, 6.07) is 11.2. The van der Waals surface area contributed by atoms with Crippen LogP contribution < -0.4 is 15.9 Å². The Morgan fingerprint density at radius 1 is 1.28 bits per heavy atom. The van der Waals surface area contributed by atoms with Crippen molar-refractivity contribution in [3.63, 3.8) is 0 Å². The lowest BCUT2D eigenvalue weighted by molar-refractivity contribution is 0.0950. The monoisotopic (exact) mass is 452 g/mol. The summed E-state index contributed by atoms with van der Waals surface area (Å²) in [5.41, 5.74) is 10.3. The molecule has 3 aromatic heterocycles. The fourth-order valence-electron chi connectivity index (χ4n) is 2.82. The van der Waals surface area contributed by atoms with E-state index in [2.05, 4.69) is 35.8 Å². The molecule has 0 radical (unpaired) electrons. The van der Waals surface area contributed by atoms with E-state index in [0.29, 0.717) is 18.0 Å². The molecule has 32 heavy (non-hydrogen) atoms. The number of hydrogen-bond donors (Lipinski definition) is 2. The Morgan fingerprint density at radius 2 is 2.09 bits per heavy atom. The van der Waals surface area contributed by atoms with Crippen LogP contribution in [-0.4, -0.2) is 43.5 Å². The van der Waals surface area contributed by atoms with E-state index in [1.165, 1.54) is 16.0 Å². The Hall–Kier alpha value is -4.06. The van der Waals surface area contributed by atoms with Crippen LogP contribution in [0.15, 0.2) is 51.5 Å². The lowest BCUT2D eigenvalue weighted by Crippen LogP contribution is -2.20. The highest BCUT2D eigenvalue weighted by atomic mass is 32.1. The van der Waals surface area contributed by atoms with Gasteiger partial charge in [-0.3, -0.25) is 4.79 Å². The van der Waals surface area contributed by atoms with Crippen molar-refractivity contribution in [2.75, 3.05) is 12.3 Å². The summed E-state index contributed by atoms with van der Waals surface area (Å²) in [5.74, 6) is 0.424. The first kappa shape index (κ1) is 21.2. The molecule has 164 valence electrons. The van der Waals surface area contributed by atoms with Crippen LogP contribution >= 0.6 is 11.3 Å². The van der Waals surface area contributed by atoms with E-state index in [-0.39, 0.29) is 17.3 Å². The first-order valence-corrected chi connectivity index (χ1v) is 10.6. The first-order chi connectivity index (χ1) is 15.6. The number of thiophene rings is 1. The van der Waals surface area contributed by atoms with Crippen LogP contribution in [0.5, 0.6) is 5.75 Å². The number of hydrazone groups is 1. The lowest BCUT2D eigenvalue weighted by Gasteiger charge is -2.06. The fourth-order valence-corrected chi connectivity index (χ4v) is 3.58. The van der Waals surface area contributed by atoms with Crippen LogP contribution in [0.3, 0.4) is 0 Å². The molecular weight excluding hydrogens is 432 g/mol. The number of rotatable bonds is 8. The van der Waals surface area contributed by atoms with Crippen LogP contribution in [0.25, 0.3) is 16.4 Å². The average molecular weight is 453 g/mol. The molecule has 0 aliphatic heterocycles. The summed E-state index contributed by atoms with van der Waals surface area (Å²) in [6.45, 7) is 4.50. The number of ether oxygens (including phenoxy) is 1. The standard InChI is InChI=1S/C20H20N8O3S/c1-3-10-30-14-8-6-13(7-9-14)12(2)22-24-20(29)16-17(15-5-4-11-32-15)28(27-23-16)19-18(21)25-31-26-19/h4-9,11H,3,10H2,1-2H3,(H2,21,25)(H,24,29). The Morgan fingerprint density at radius 3 is 2.75 bits per heavy atom. The van der Waals surface area contributed by atoms with Gasteiger partial charge in [-0.15, -0.1) is 16.4 Å². The fraction of sp³-hybridized carbons (Fsp3) is 0.200. The predicted octanol–water partition coefficient (Wildman–Crippen LogP) is 2.90. The number of benzene rings is 1. The second-order valence-corrected chi connectivity index (χ2v) is 7.61. The number of anilines is 1. The average Bonchev–Trinajstić information content (AvgIpc) is 3.56. The molecule has 3 heterocycles. The molecule has 0 aliphatic carbocycles. The van der Waals surface area contributed by atoms with Gasteiger partial charge in [0.25, 0.3) is 5.91 Å². The van der Waals surface area contributed by atoms with E-state index in [4.69, 9.17) is 10.5 Å². The molecule has 0 bridgehead atoms. The summed E-state index contributed by atoms with van der Waals surface area (Å²) < 4.78 is 11.6. The minimum absolute atomic E-state index is 0.0277. The minimum atomic E-state index is -0.531. The number of nitrogen functional groups attached to an aromatic ring is 1. The molecule has 1 amide bonds. The van der Waals surface area contributed by atoms with Gasteiger partial charge in [-0.05, 0) is 64.9 Å². The van der Waals surface area contributed by atoms with E-state index in [9.17, 15) is 4.79 Å². The number of amides is 1. The maximum atomic E-state index is 12.9. The van der Waals surface area contributed by atoms with E-state index in [1.54, 1.807) is 6.92 Å². The molecule has 4 rings (SSSR count). The van der Waals surface area contributed by atoms with Crippen molar-refractivity contribution in [1.29, 1.82) is 0 Å². The van der Waals surface area contributed by atoms with Gasteiger partial charge in [-0.1, -0.05) is 18.2 Å². The molecule has 0 fully saturated rings. The molecule has 0 aliphatic rings. The zero-order chi connectivity index (χ0) is 22.5. The van der Waals surface area contributed by atoms with Gasteiger partial charge < -0.3 is 10.5 Å². The van der Waals surface area contributed by atoms with Gasteiger partial charge in [0.05, 0.1) is 17.2 Å². The third-order valence-electron chi connectivity index (χ3n) is 4.41. The summed E-state index contributed by atoms with van der Waals surface area (Å²) in [7, 11) is 0. The first-order valence-electron chi connectivity index (χ1n) is 9.74. The van der Waals surface area contributed by atoms with Crippen molar-refractivity contribution < 1.29 is 14.2 Å². The van der Waals surface area contributed by atoms with Crippen molar-refractivity contribution in [2.24, 2.45) is 5.10 Å². The Labute approximate surface area is 186 Å². The lowest BCUT2D eigenvalue weighted by atomic mass is 10.1. The molecule has 0 spiro atoms. The van der Waals surface area contributed by atoms with Crippen molar-refractivity contribution in [3.8, 4) is 22.1 Å². The Kier molecular flexibility index (Phi) is 6.22. The van der Waals surface area contributed by atoms with Gasteiger partial charge in [0.1, 0.15) is 11.4 Å². The smallest absolute Gasteiger partial charge is 0.294 e. The van der Waals surface area contributed by atoms with Crippen LogP contribution in [0.4, 0.5) is 5.82 Å². The Bertz CT molecular complexity index is 1230. The number of aromatic nitrogens is 5. The van der Waals surface area contributed by atoms with Gasteiger partial charge in [0.15, 0.2) is 5.69 Å². The van der Waals surface area contributed by atoms with Gasteiger partial charge in [-0.2, -0.15) is 9.78 Å². The number of nitrogens with zero attached hydrogens (tertiary/aromatic N) is 6. The molecule has 0 saturated heterocycles. The van der Waals surface area contributed by atoms with Crippen molar-refractivity contribution in [1.82, 2.24) is 30.7 Å². The molecule has 11 nitrogen and oxygen atoms in total. The highest BCUT2D eigenvalue weighted by Gasteiger charge is 2.25. The van der Waals surface area contributed by atoms with Crippen LogP contribution in [0.1, 0.15) is 36.3 Å². The molecule has 0 saturated carbocycles. The minimum Gasteiger partial charge on any atom is -0.494 e. The normalized spacial score (nSPS) is 11.5.